The van der Waals surface area contributed by atoms with Crippen molar-refractivity contribution in [2.45, 2.75) is 32.7 Å². The summed E-state index contributed by atoms with van der Waals surface area (Å²) in [4.78, 5) is 20.3. The van der Waals surface area contributed by atoms with Gasteiger partial charge in [-0.2, -0.15) is 0 Å². The van der Waals surface area contributed by atoms with Crippen molar-refractivity contribution < 1.29 is 4.79 Å². The Balaban J connectivity index is 2.14. The lowest BCUT2D eigenvalue weighted by molar-refractivity contribution is -0.121. The Morgan fingerprint density at radius 3 is 3.10 bits per heavy atom. The fourth-order valence-electron chi connectivity index (χ4n) is 2.12. The molecule has 0 atom stereocenters. The number of imidazole rings is 1. The molecule has 2 aromatic heterocycles. The molecule has 20 heavy (non-hydrogen) atoms. The summed E-state index contributed by atoms with van der Waals surface area (Å²) in [5.41, 5.74) is 1.85. The van der Waals surface area contributed by atoms with Crippen molar-refractivity contribution in [3.63, 3.8) is 0 Å². The Kier molecular flexibility index (Phi) is 5.35. The van der Waals surface area contributed by atoms with Gasteiger partial charge in [0.2, 0.25) is 5.91 Å². The zero-order valence-electron chi connectivity index (χ0n) is 11.6. The quantitative estimate of drug-likeness (QED) is 0.796. The average Bonchev–Trinajstić information content (AvgIpc) is 2.81. The van der Waals surface area contributed by atoms with E-state index in [1.165, 1.54) is 0 Å². The van der Waals surface area contributed by atoms with E-state index in [0.717, 1.165) is 29.8 Å². The van der Waals surface area contributed by atoms with E-state index < -0.39 is 0 Å². The van der Waals surface area contributed by atoms with Gasteiger partial charge in [-0.3, -0.25) is 9.78 Å². The monoisotopic (exact) mass is 294 g/mol. The SMILES string of the molecule is CCCNC(=O)CCn1c(CCCl)nc2cnccc21. The van der Waals surface area contributed by atoms with Crippen molar-refractivity contribution in [3.8, 4) is 0 Å². The second-order valence-corrected chi connectivity index (χ2v) is 4.96. The molecule has 0 aromatic carbocycles. The molecule has 108 valence electrons. The summed E-state index contributed by atoms with van der Waals surface area (Å²) in [7, 11) is 0. The molecule has 0 saturated heterocycles. The maximum atomic E-state index is 11.7. The average molecular weight is 295 g/mol. The van der Waals surface area contributed by atoms with E-state index in [-0.39, 0.29) is 5.91 Å². The van der Waals surface area contributed by atoms with Crippen LogP contribution in [0, 0.1) is 0 Å². The van der Waals surface area contributed by atoms with E-state index in [1.54, 1.807) is 12.4 Å². The molecule has 2 heterocycles. The van der Waals surface area contributed by atoms with Gasteiger partial charge in [-0.05, 0) is 12.5 Å². The Morgan fingerprint density at radius 2 is 2.35 bits per heavy atom. The molecule has 2 aromatic rings. The van der Waals surface area contributed by atoms with Gasteiger partial charge in [-0.25, -0.2) is 4.98 Å². The molecule has 6 heteroatoms. The highest BCUT2D eigenvalue weighted by molar-refractivity contribution is 6.17. The number of amides is 1. The summed E-state index contributed by atoms with van der Waals surface area (Å²) < 4.78 is 2.06. The number of nitrogens with one attached hydrogen (secondary N) is 1. The van der Waals surface area contributed by atoms with Crippen LogP contribution in [-0.2, 0) is 17.8 Å². The second-order valence-electron chi connectivity index (χ2n) is 4.58. The summed E-state index contributed by atoms with van der Waals surface area (Å²) in [6.45, 7) is 3.37. The van der Waals surface area contributed by atoms with E-state index >= 15 is 0 Å². The molecular weight excluding hydrogens is 276 g/mol. The molecular formula is C14H19ClN4O. The number of aryl methyl sites for hydroxylation is 2. The Labute approximate surface area is 123 Å². The first-order chi connectivity index (χ1) is 9.76. The fraction of sp³-hybridized carbons (Fsp3) is 0.500. The predicted molar refractivity (Wildman–Crippen MR) is 79.9 cm³/mol. The minimum atomic E-state index is 0.0691. The molecule has 0 aliphatic heterocycles. The number of hydrogen-bond acceptors (Lipinski definition) is 3. The van der Waals surface area contributed by atoms with Crippen molar-refractivity contribution in [2.75, 3.05) is 12.4 Å². The van der Waals surface area contributed by atoms with Gasteiger partial charge < -0.3 is 9.88 Å². The van der Waals surface area contributed by atoms with Crippen molar-refractivity contribution in [2.24, 2.45) is 0 Å². The van der Waals surface area contributed by atoms with Crippen LogP contribution in [0.4, 0.5) is 0 Å². The summed E-state index contributed by atoms with van der Waals surface area (Å²) >= 11 is 5.82. The van der Waals surface area contributed by atoms with Gasteiger partial charge in [0.15, 0.2) is 0 Å². The van der Waals surface area contributed by atoms with Crippen LogP contribution in [0.2, 0.25) is 0 Å². The Morgan fingerprint density at radius 1 is 1.50 bits per heavy atom. The lowest BCUT2D eigenvalue weighted by Crippen LogP contribution is -2.25. The molecule has 0 spiro atoms. The number of hydrogen-bond donors (Lipinski definition) is 1. The van der Waals surface area contributed by atoms with Crippen LogP contribution in [-0.4, -0.2) is 32.9 Å². The zero-order valence-corrected chi connectivity index (χ0v) is 12.4. The number of alkyl halides is 1. The molecule has 1 N–H and O–H groups in total. The van der Waals surface area contributed by atoms with E-state index in [4.69, 9.17) is 11.6 Å². The van der Waals surface area contributed by atoms with Crippen molar-refractivity contribution >= 4 is 28.5 Å². The molecule has 5 nitrogen and oxygen atoms in total. The summed E-state index contributed by atoms with van der Waals surface area (Å²) in [6, 6.07) is 1.92. The first kappa shape index (κ1) is 14.8. The van der Waals surface area contributed by atoms with Crippen LogP contribution < -0.4 is 5.32 Å². The molecule has 0 aliphatic carbocycles. The third kappa shape index (κ3) is 3.48. The molecule has 0 fully saturated rings. The van der Waals surface area contributed by atoms with Crippen molar-refractivity contribution in [1.29, 1.82) is 0 Å². The maximum absolute atomic E-state index is 11.7. The van der Waals surface area contributed by atoms with E-state index in [1.807, 2.05) is 13.0 Å². The zero-order chi connectivity index (χ0) is 14.4. The summed E-state index contributed by atoms with van der Waals surface area (Å²) in [6.07, 6.45) is 5.56. The molecule has 0 radical (unpaired) electrons. The van der Waals surface area contributed by atoms with E-state index in [9.17, 15) is 4.79 Å². The summed E-state index contributed by atoms with van der Waals surface area (Å²) in [5.74, 6) is 1.49. The number of pyridine rings is 1. The van der Waals surface area contributed by atoms with Crippen LogP contribution >= 0.6 is 11.6 Å². The van der Waals surface area contributed by atoms with Gasteiger partial charge in [0.1, 0.15) is 11.3 Å². The van der Waals surface area contributed by atoms with Crippen LogP contribution in [0.25, 0.3) is 11.0 Å². The molecule has 2 rings (SSSR count). The maximum Gasteiger partial charge on any atom is 0.221 e. The molecule has 1 amide bonds. The van der Waals surface area contributed by atoms with Gasteiger partial charge in [0.25, 0.3) is 0 Å². The highest BCUT2D eigenvalue weighted by Crippen LogP contribution is 2.16. The molecule has 0 unspecified atom stereocenters. The third-order valence-electron chi connectivity index (χ3n) is 3.08. The smallest absolute Gasteiger partial charge is 0.221 e. The van der Waals surface area contributed by atoms with Crippen LogP contribution in [0.1, 0.15) is 25.6 Å². The fourth-order valence-corrected chi connectivity index (χ4v) is 2.29. The standard InChI is InChI=1S/C14H19ClN4O/c1-2-7-17-14(20)5-9-19-12-4-8-16-10-11(12)18-13(19)3-6-15/h4,8,10H,2-3,5-7,9H2,1H3,(H,17,20). The normalized spacial score (nSPS) is 10.9. The number of nitrogens with zero attached hydrogens (tertiary/aromatic N) is 3. The summed E-state index contributed by atoms with van der Waals surface area (Å²) in [5, 5.41) is 2.88. The van der Waals surface area contributed by atoms with Gasteiger partial charge in [-0.15, -0.1) is 11.6 Å². The van der Waals surface area contributed by atoms with Crippen molar-refractivity contribution in [3.05, 3.63) is 24.3 Å². The largest absolute Gasteiger partial charge is 0.356 e. The first-order valence-corrected chi connectivity index (χ1v) is 7.41. The number of rotatable bonds is 7. The van der Waals surface area contributed by atoms with Gasteiger partial charge in [-0.1, -0.05) is 6.92 Å². The van der Waals surface area contributed by atoms with E-state index in [2.05, 4.69) is 19.9 Å². The molecule has 0 bridgehead atoms. The topological polar surface area (TPSA) is 59.8 Å². The number of carbonyl (C=O) groups excluding carboxylic acids is 1. The molecule has 0 aliphatic rings. The second kappa shape index (κ2) is 7.24. The highest BCUT2D eigenvalue weighted by atomic mass is 35.5. The number of fused-ring (bicyclic) bond motifs is 1. The minimum absolute atomic E-state index is 0.0691. The van der Waals surface area contributed by atoms with Crippen LogP contribution in [0.15, 0.2) is 18.5 Å². The Hall–Kier alpha value is -1.62. The molecule has 0 saturated carbocycles. The number of carbonyl (C=O) groups is 1. The number of aromatic nitrogens is 3. The lowest BCUT2D eigenvalue weighted by atomic mass is 10.3. The first-order valence-electron chi connectivity index (χ1n) is 6.88. The number of halogens is 1. The van der Waals surface area contributed by atoms with Gasteiger partial charge >= 0.3 is 0 Å². The minimum Gasteiger partial charge on any atom is -0.356 e. The lowest BCUT2D eigenvalue weighted by Gasteiger charge is -2.08. The van der Waals surface area contributed by atoms with E-state index in [0.29, 0.717) is 25.3 Å². The van der Waals surface area contributed by atoms with Gasteiger partial charge in [0, 0.05) is 38.0 Å². The third-order valence-corrected chi connectivity index (χ3v) is 3.27. The Bertz CT molecular complexity index is 582. The predicted octanol–water partition coefficient (Wildman–Crippen LogP) is 2.13. The van der Waals surface area contributed by atoms with Gasteiger partial charge in [0.05, 0.1) is 11.7 Å². The van der Waals surface area contributed by atoms with Crippen LogP contribution in [0.3, 0.4) is 0 Å². The van der Waals surface area contributed by atoms with Crippen molar-refractivity contribution in [1.82, 2.24) is 19.9 Å². The van der Waals surface area contributed by atoms with Crippen LogP contribution in [0.5, 0.6) is 0 Å². The highest BCUT2D eigenvalue weighted by Gasteiger charge is 2.11.